The molecule has 17 heavy (non-hydrogen) atoms. The first kappa shape index (κ1) is 10.6. The molecule has 1 atom stereocenters. The van der Waals surface area contributed by atoms with Crippen LogP contribution in [0.4, 0.5) is 5.69 Å². The number of nitrogens with zero attached hydrogens (tertiary/aromatic N) is 1. The summed E-state index contributed by atoms with van der Waals surface area (Å²) in [4.78, 5) is 4.24. The lowest BCUT2D eigenvalue weighted by Crippen LogP contribution is -2.06. The van der Waals surface area contributed by atoms with E-state index in [0.717, 1.165) is 17.1 Å². The summed E-state index contributed by atoms with van der Waals surface area (Å²) in [5, 5.41) is 4.27. The van der Waals surface area contributed by atoms with E-state index in [1.54, 1.807) is 0 Å². The lowest BCUT2D eigenvalue weighted by Gasteiger charge is -2.11. The minimum atomic E-state index is 0.316. The highest BCUT2D eigenvalue weighted by Crippen LogP contribution is 2.35. The number of halogens is 1. The second-order valence-electron chi connectivity index (χ2n) is 4.50. The molecule has 1 N–H and O–H groups in total. The molecule has 2 heterocycles. The first-order chi connectivity index (χ1) is 8.22. The molecule has 1 aromatic heterocycles. The zero-order valence-electron chi connectivity index (χ0n) is 9.57. The lowest BCUT2D eigenvalue weighted by molar-refractivity contribution is 0.816. The van der Waals surface area contributed by atoms with Crippen LogP contribution in [0.3, 0.4) is 0 Å². The van der Waals surface area contributed by atoms with Crippen molar-refractivity contribution in [3.8, 4) is 0 Å². The molecular formula is C14H13ClN2. The summed E-state index contributed by atoms with van der Waals surface area (Å²) in [5.41, 5.74) is 4.89. The van der Waals surface area contributed by atoms with Gasteiger partial charge in [0.05, 0.1) is 6.04 Å². The summed E-state index contributed by atoms with van der Waals surface area (Å²) < 4.78 is 0. The number of hydrogen-bond acceptors (Lipinski definition) is 2. The highest BCUT2D eigenvalue weighted by molar-refractivity contribution is 6.30. The van der Waals surface area contributed by atoms with Crippen molar-refractivity contribution in [2.45, 2.75) is 19.4 Å². The van der Waals surface area contributed by atoms with Crippen LogP contribution in [0.25, 0.3) is 0 Å². The van der Waals surface area contributed by atoms with Crippen LogP contribution in [0.5, 0.6) is 0 Å². The Bertz CT molecular complexity index is 566. The Morgan fingerprint density at radius 3 is 3.00 bits per heavy atom. The van der Waals surface area contributed by atoms with Gasteiger partial charge in [-0.1, -0.05) is 23.7 Å². The molecule has 1 aliphatic rings. The number of fused-ring (bicyclic) bond motifs is 1. The number of rotatable bonds is 1. The van der Waals surface area contributed by atoms with Crippen LogP contribution in [0.15, 0.2) is 36.7 Å². The Labute approximate surface area is 106 Å². The molecule has 2 aromatic rings. The summed E-state index contributed by atoms with van der Waals surface area (Å²) in [6.07, 6.45) is 4.80. The summed E-state index contributed by atoms with van der Waals surface area (Å²) in [6.45, 7) is 2.06. The van der Waals surface area contributed by atoms with Crippen LogP contribution in [-0.4, -0.2) is 4.98 Å². The number of benzene rings is 1. The van der Waals surface area contributed by atoms with Gasteiger partial charge >= 0.3 is 0 Å². The van der Waals surface area contributed by atoms with E-state index in [0.29, 0.717) is 6.04 Å². The van der Waals surface area contributed by atoms with Crippen LogP contribution < -0.4 is 5.32 Å². The van der Waals surface area contributed by atoms with Crippen molar-refractivity contribution in [2.75, 3.05) is 5.32 Å². The maximum Gasteiger partial charge on any atom is 0.0570 e. The smallest absolute Gasteiger partial charge is 0.0570 e. The Morgan fingerprint density at radius 1 is 1.29 bits per heavy atom. The number of aromatic nitrogens is 1. The van der Waals surface area contributed by atoms with Gasteiger partial charge in [-0.2, -0.15) is 0 Å². The molecular weight excluding hydrogens is 232 g/mol. The van der Waals surface area contributed by atoms with Gasteiger partial charge in [0.2, 0.25) is 0 Å². The number of anilines is 1. The quantitative estimate of drug-likeness (QED) is 0.826. The summed E-state index contributed by atoms with van der Waals surface area (Å²) >= 11 is 5.99. The van der Waals surface area contributed by atoms with Crippen molar-refractivity contribution in [3.05, 3.63) is 58.4 Å². The number of aryl methyl sites for hydroxylation is 1. The van der Waals surface area contributed by atoms with E-state index in [1.165, 1.54) is 16.7 Å². The zero-order chi connectivity index (χ0) is 11.8. The summed E-state index contributed by atoms with van der Waals surface area (Å²) in [6, 6.07) is 8.52. The molecule has 0 saturated heterocycles. The monoisotopic (exact) mass is 244 g/mol. The molecule has 2 nitrogen and oxygen atoms in total. The highest BCUT2D eigenvalue weighted by Gasteiger charge is 2.22. The molecule has 0 amide bonds. The van der Waals surface area contributed by atoms with E-state index in [1.807, 2.05) is 24.5 Å². The van der Waals surface area contributed by atoms with Gasteiger partial charge in [-0.05, 0) is 42.2 Å². The second kappa shape index (κ2) is 4.04. The third kappa shape index (κ3) is 2.01. The Balaban J connectivity index is 1.91. The number of pyridine rings is 1. The summed E-state index contributed by atoms with van der Waals surface area (Å²) in [5.74, 6) is 0. The number of hydrogen-bond donors (Lipinski definition) is 1. The molecule has 0 spiro atoms. The summed E-state index contributed by atoms with van der Waals surface area (Å²) in [7, 11) is 0. The van der Waals surface area contributed by atoms with Gasteiger partial charge < -0.3 is 5.32 Å². The van der Waals surface area contributed by atoms with Gasteiger partial charge in [-0.15, -0.1) is 0 Å². The van der Waals surface area contributed by atoms with Crippen molar-refractivity contribution >= 4 is 17.3 Å². The van der Waals surface area contributed by atoms with Gasteiger partial charge in [-0.25, -0.2) is 0 Å². The average Bonchev–Trinajstić information content (AvgIpc) is 2.72. The minimum Gasteiger partial charge on any atom is -0.378 e. The Kier molecular flexibility index (Phi) is 2.52. The molecule has 0 aliphatic carbocycles. The molecule has 0 radical (unpaired) electrons. The second-order valence-corrected chi connectivity index (χ2v) is 4.93. The molecule has 3 rings (SSSR count). The third-order valence-corrected chi connectivity index (χ3v) is 3.36. The fraction of sp³-hybridized carbons (Fsp3) is 0.214. The molecule has 1 unspecified atom stereocenters. The fourth-order valence-electron chi connectivity index (χ4n) is 2.29. The average molecular weight is 245 g/mol. The van der Waals surface area contributed by atoms with Gasteiger partial charge in [-0.3, -0.25) is 4.98 Å². The van der Waals surface area contributed by atoms with Crippen LogP contribution in [0.1, 0.15) is 22.7 Å². The standard InChI is InChI=1S/C14H13ClN2/c1-9-4-11(8-16-7-9)13-5-10-2-3-12(15)6-14(10)17-13/h2-4,6-8,13,17H,5H2,1H3. The predicted molar refractivity (Wildman–Crippen MR) is 70.5 cm³/mol. The van der Waals surface area contributed by atoms with Crippen LogP contribution in [-0.2, 0) is 6.42 Å². The van der Waals surface area contributed by atoms with Gasteiger partial charge in [0.15, 0.2) is 0 Å². The third-order valence-electron chi connectivity index (χ3n) is 3.12. The van der Waals surface area contributed by atoms with E-state index < -0.39 is 0 Å². The Hall–Kier alpha value is -1.54. The van der Waals surface area contributed by atoms with Gasteiger partial charge in [0.1, 0.15) is 0 Å². The maximum atomic E-state index is 5.99. The van der Waals surface area contributed by atoms with Crippen molar-refractivity contribution in [1.29, 1.82) is 0 Å². The lowest BCUT2D eigenvalue weighted by atomic mass is 10.0. The molecule has 0 bridgehead atoms. The topological polar surface area (TPSA) is 24.9 Å². The fourth-order valence-corrected chi connectivity index (χ4v) is 2.46. The molecule has 0 fully saturated rings. The SMILES string of the molecule is Cc1cncc(C2Cc3ccc(Cl)cc3N2)c1. The van der Waals surface area contributed by atoms with E-state index in [9.17, 15) is 0 Å². The van der Waals surface area contributed by atoms with Crippen molar-refractivity contribution in [2.24, 2.45) is 0 Å². The minimum absolute atomic E-state index is 0.316. The molecule has 1 aliphatic heterocycles. The van der Waals surface area contributed by atoms with Crippen molar-refractivity contribution < 1.29 is 0 Å². The molecule has 86 valence electrons. The first-order valence-corrected chi connectivity index (χ1v) is 6.07. The van der Waals surface area contributed by atoms with Crippen molar-refractivity contribution in [3.63, 3.8) is 0 Å². The van der Waals surface area contributed by atoms with E-state index in [4.69, 9.17) is 11.6 Å². The zero-order valence-corrected chi connectivity index (χ0v) is 10.3. The van der Waals surface area contributed by atoms with Crippen LogP contribution in [0, 0.1) is 6.92 Å². The molecule has 3 heteroatoms. The van der Waals surface area contributed by atoms with Gasteiger partial charge in [0, 0.05) is 23.1 Å². The number of nitrogens with one attached hydrogen (secondary N) is 1. The normalized spacial score (nSPS) is 17.6. The van der Waals surface area contributed by atoms with E-state index in [-0.39, 0.29) is 0 Å². The van der Waals surface area contributed by atoms with Crippen LogP contribution >= 0.6 is 11.6 Å². The van der Waals surface area contributed by atoms with Crippen LogP contribution in [0.2, 0.25) is 5.02 Å². The molecule has 0 saturated carbocycles. The first-order valence-electron chi connectivity index (χ1n) is 5.69. The Morgan fingerprint density at radius 2 is 2.18 bits per heavy atom. The van der Waals surface area contributed by atoms with Crippen molar-refractivity contribution in [1.82, 2.24) is 4.98 Å². The predicted octanol–water partition coefficient (Wildman–Crippen LogP) is 3.75. The maximum absolute atomic E-state index is 5.99. The van der Waals surface area contributed by atoms with Gasteiger partial charge in [0.25, 0.3) is 0 Å². The highest BCUT2D eigenvalue weighted by atomic mass is 35.5. The largest absolute Gasteiger partial charge is 0.378 e. The molecule has 1 aromatic carbocycles. The van der Waals surface area contributed by atoms with E-state index in [2.05, 4.69) is 29.4 Å². The van der Waals surface area contributed by atoms with E-state index >= 15 is 0 Å².